The summed E-state index contributed by atoms with van der Waals surface area (Å²) in [5.41, 5.74) is -3.57. The van der Waals surface area contributed by atoms with Gasteiger partial charge in [-0.05, 0) is 19.1 Å². The van der Waals surface area contributed by atoms with E-state index in [0.717, 1.165) is 23.0 Å². The molecule has 3 heterocycles. The summed E-state index contributed by atoms with van der Waals surface area (Å²) in [6, 6.07) is 1.75. The van der Waals surface area contributed by atoms with Crippen LogP contribution in [0.15, 0.2) is 23.3 Å². The standard InChI is InChI=1S/C13H12F4N4O2/c1-12(14)5-20(6-12)10(22)4-19-7-18-21-8(11(19)23)2-3-9(21)13(15,16)17/h2-3,7H,4-6H2,1H3. The van der Waals surface area contributed by atoms with Gasteiger partial charge in [0, 0.05) is 0 Å². The van der Waals surface area contributed by atoms with Crippen molar-refractivity contribution >= 4 is 11.4 Å². The van der Waals surface area contributed by atoms with E-state index in [0.29, 0.717) is 4.52 Å². The molecule has 0 N–H and O–H groups in total. The van der Waals surface area contributed by atoms with Gasteiger partial charge in [0.1, 0.15) is 29.8 Å². The fraction of sp³-hybridized carbons (Fsp3) is 0.462. The summed E-state index contributed by atoms with van der Waals surface area (Å²) in [5.74, 6) is -0.490. The Bertz CT molecular complexity index is 829. The van der Waals surface area contributed by atoms with Crippen molar-refractivity contribution in [1.29, 1.82) is 0 Å². The Balaban J connectivity index is 1.88. The number of hydrogen-bond acceptors (Lipinski definition) is 3. The Hall–Kier alpha value is -2.39. The monoisotopic (exact) mass is 332 g/mol. The van der Waals surface area contributed by atoms with E-state index in [4.69, 9.17) is 0 Å². The van der Waals surface area contributed by atoms with Crippen LogP contribution in [0.5, 0.6) is 0 Å². The molecule has 0 aromatic carbocycles. The molecule has 0 saturated carbocycles. The third-order valence-electron chi connectivity index (χ3n) is 3.63. The Morgan fingerprint density at radius 2 is 2.00 bits per heavy atom. The van der Waals surface area contributed by atoms with Crippen molar-refractivity contribution in [2.45, 2.75) is 25.3 Å². The van der Waals surface area contributed by atoms with E-state index in [1.807, 2.05) is 0 Å². The molecule has 0 unspecified atom stereocenters. The third-order valence-corrected chi connectivity index (χ3v) is 3.63. The molecule has 0 spiro atoms. The van der Waals surface area contributed by atoms with Crippen molar-refractivity contribution < 1.29 is 22.4 Å². The zero-order valence-electron chi connectivity index (χ0n) is 12.0. The minimum absolute atomic E-state index is 0.0698. The zero-order chi connectivity index (χ0) is 17.0. The summed E-state index contributed by atoms with van der Waals surface area (Å²) in [5, 5.41) is 3.57. The molecule has 2 aromatic rings. The molecule has 1 amide bonds. The highest BCUT2D eigenvalue weighted by molar-refractivity contribution is 5.77. The Morgan fingerprint density at radius 3 is 2.57 bits per heavy atom. The van der Waals surface area contributed by atoms with Crippen LogP contribution in [0.25, 0.3) is 5.52 Å². The lowest BCUT2D eigenvalue weighted by atomic mass is 9.99. The molecule has 124 valence electrons. The first kappa shape index (κ1) is 15.5. The van der Waals surface area contributed by atoms with Crippen LogP contribution in [0.2, 0.25) is 0 Å². The number of rotatable bonds is 2. The average molecular weight is 332 g/mol. The number of alkyl halides is 4. The van der Waals surface area contributed by atoms with Crippen LogP contribution in [0.3, 0.4) is 0 Å². The Morgan fingerprint density at radius 1 is 1.35 bits per heavy atom. The van der Waals surface area contributed by atoms with Gasteiger partial charge in [-0.2, -0.15) is 18.3 Å². The molecular formula is C13H12F4N4O2. The lowest BCUT2D eigenvalue weighted by Crippen LogP contribution is -2.60. The molecule has 2 aromatic heterocycles. The maximum absolute atomic E-state index is 13.4. The number of likely N-dealkylation sites (tertiary alicyclic amines) is 1. The highest BCUT2D eigenvalue weighted by Gasteiger charge is 2.41. The maximum atomic E-state index is 13.4. The van der Waals surface area contributed by atoms with Crippen LogP contribution in [0.4, 0.5) is 17.6 Å². The predicted octanol–water partition coefficient (Wildman–Crippen LogP) is 1.09. The van der Waals surface area contributed by atoms with E-state index < -0.39 is 35.6 Å². The molecule has 0 radical (unpaired) electrons. The number of hydrogen-bond donors (Lipinski definition) is 0. The van der Waals surface area contributed by atoms with Gasteiger partial charge in [0.25, 0.3) is 5.56 Å². The second-order valence-electron chi connectivity index (χ2n) is 5.74. The Kier molecular flexibility index (Phi) is 3.24. The molecular weight excluding hydrogens is 320 g/mol. The minimum Gasteiger partial charge on any atom is -0.335 e. The van der Waals surface area contributed by atoms with Gasteiger partial charge in [-0.25, -0.2) is 8.91 Å². The number of carbonyl (C=O) groups excluding carboxylic acids is 1. The Labute approximate surface area is 126 Å². The van der Waals surface area contributed by atoms with Crippen LogP contribution in [0, 0.1) is 0 Å². The molecule has 0 bridgehead atoms. The minimum atomic E-state index is -4.64. The van der Waals surface area contributed by atoms with Gasteiger partial charge in [-0.1, -0.05) is 0 Å². The van der Waals surface area contributed by atoms with E-state index in [1.54, 1.807) is 0 Å². The van der Waals surface area contributed by atoms with E-state index >= 15 is 0 Å². The van der Waals surface area contributed by atoms with Crippen LogP contribution in [0.1, 0.15) is 12.6 Å². The molecule has 10 heteroatoms. The van der Waals surface area contributed by atoms with Gasteiger partial charge in [0.15, 0.2) is 0 Å². The first-order valence-corrected chi connectivity index (χ1v) is 6.70. The molecule has 6 nitrogen and oxygen atoms in total. The average Bonchev–Trinajstić information content (AvgIpc) is 2.83. The van der Waals surface area contributed by atoms with Crippen LogP contribution >= 0.6 is 0 Å². The lowest BCUT2D eigenvalue weighted by molar-refractivity contribution is -0.145. The van der Waals surface area contributed by atoms with E-state index in [1.165, 1.54) is 11.8 Å². The van der Waals surface area contributed by atoms with E-state index in [2.05, 4.69) is 5.10 Å². The van der Waals surface area contributed by atoms with Crippen molar-refractivity contribution in [1.82, 2.24) is 19.1 Å². The van der Waals surface area contributed by atoms with Crippen molar-refractivity contribution in [2.75, 3.05) is 13.1 Å². The SMILES string of the molecule is CC1(F)CN(C(=O)Cn2cnn3c(C(F)(F)F)ccc3c2=O)C1. The maximum Gasteiger partial charge on any atom is 0.433 e. The summed E-state index contributed by atoms with van der Waals surface area (Å²) >= 11 is 0. The van der Waals surface area contributed by atoms with Crippen molar-refractivity contribution in [3.05, 3.63) is 34.5 Å². The van der Waals surface area contributed by atoms with Gasteiger partial charge in [0.2, 0.25) is 5.91 Å². The smallest absolute Gasteiger partial charge is 0.335 e. The molecule has 0 aliphatic carbocycles. The molecule has 3 rings (SSSR count). The molecule has 1 fully saturated rings. The second-order valence-corrected chi connectivity index (χ2v) is 5.74. The summed E-state index contributed by atoms with van der Waals surface area (Å²) < 4.78 is 53.1. The zero-order valence-corrected chi connectivity index (χ0v) is 12.0. The van der Waals surface area contributed by atoms with Gasteiger partial charge in [-0.3, -0.25) is 14.2 Å². The molecule has 1 aliphatic heterocycles. The van der Waals surface area contributed by atoms with E-state index in [-0.39, 0.29) is 18.6 Å². The van der Waals surface area contributed by atoms with Gasteiger partial charge >= 0.3 is 6.18 Å². The number of nitrogens with zero attached hydrogens (tertiary/aromatic N) is 4. The summed E-state index contributed by atoms with van der Waals surface area (Å²) in [4.78, 5) is 25.3. The predicted molar refractivity (Wildman–Crippen MR) is 70.5 cm³/mol. The highest BCUT2D eigenvalue weighted by atomic mass is 19.4. The summed E-state index contributed by atoms with van der Waals surface area (Å²) in [6.45, 7) is 0.819. The highest BCUT2D eigenvalue weighted by Crippen LogP contribution is 2.29. The molecule has 1 saturated heterocycles. The van der Waals surface area contributed by atoms with Crippen LogP contribution in [-0.2, 0) is 17.5 Å². The number of carbonyl (C=O) groups is 1. The third kappa shape index (κ3) is 2.68. The van der Waals surface area contributed by atoms with Crippen LogP contribution < -0.4 is 5.56 Å². The number of aromatic nitrogens is 3. The normalized spacial score (nSPS) is 17.3. The number of fused-ring (bicyclic) bond motifs is 1. The topological polar surface area (TPSA) is 59.6 Å². The molecule has 0 atom stereocenters. The number of halogens is 4. The van der Waals surface area contributed by atoms with Gasteiger partial charge in [-0.15, -0.1) is 0 Å². The lowest BCUT2D eigenvalue weighted by Gasteiger charge is -2.42. The van der Waals surface area contributed by atoms with Crippen molar-refractivity contribution in [2.24, 2.45) is 0 Å². The molecule has 1 aliphatic rings. The number of amides is 1. The van der Waals surface area contributed by atoms with E-state index in [9.17, 15) is 27.2 Å². The summed E-state index contributed by atoms with van der Waals surface area (Å²) in [7, 11) is 0. The van der Waals surface area contributed by atoms with Crippen LogP contribution in [-0.4, -0.2) is 43.7 Å². The van der Waals surface area contributed by atoms with Gasteiger partial charge < -0.3 is 4.90 Å². The van der Waals surface area contributed by atoms with Crippen molar-refractivity contribution in [3.63, 3.8) is 0 Å². The first-order chi connectivity index (χ1) is 10.6. The molecule has 23 heavy (non-hydrogen) atoms. The van der Waals surface area contributed by atoms with Crippen molar-refractivity contribution in [3.8, 4) is 0 Å². The quantitative estimate of drug-likeness (QED) is 0.774. The summed E-state index contributed by atoms with van der Waals surface area (Å²) in [6.07, 6.45) is -3.77. The second kappa shape index (κ2) is 4.80. The fourth-order valence-electron chi connectivity index (χ4n) is 2.53. The first-order valence-electron chi connectivity index (χ1n) is 6.70. The fourth-order valence-corrected chi connectivity index (χ4v) is 2.53. The van der Waals surface area contributed by atoms with Gasteiger partial charge in [0.05, 0.1) is 13.1 Å². The largest absolute Gasteiger partial charge is 0.433 e.